The molecule has 7 nitrogen and oxygen atoms in total. The summed E-state index contributed by atoms with van der Waals surface area (Å²) in [6.45, 7) is 6.96. The van der Waals surface area contributed by atoms with Gasteiger partial charge in [-0.25, -0.2) is 8.42 Å². The summed E-state index contributed by atoms with van der Waals surface area (Å²) in [5.41, 5.74) is 0.312. The number of sulfonamides is 1. The molecule has 3 unspecified atom stereocenters. The van der Waals surface area contributed by atoms with Crippen LogP contribution in [-0.2, 0) is 10.0 Å². The number of rotatable bonds is 4. The second kappa shape index (κ2) is 7.25. The highest BCUT2D eigenvalue weighted by Crippen LogP contribution is 2.32. The van der Waals surface area contributed by atoms with E-state index in [4.69, 9.17) is 0 Å². The Labute approximate surface area is 155 Å². The summed E-state index contributed by atoms with van der Waals surface area (Å²) in [6.07, 6.45) is 4.10. The van der Waals surface area contributed by atoms with Gasteiger partial charge in [0.2, 0.25) is 10.0 Å². The van der Waals surface area contributed by atoms with E-state index >= 15 is 0 Å². The molecular weight excluding hydrogens is 354 g/mol. The second-order valence-electron chi connectivity index (χ2n) is 7.59. The first kappa shape index (κ1) is 19.3. The molecule has 0 aliphatic carbocycles. The van der Waals surface area contributed by atoms with Gasteiger partial charge in [0.15, 0.2) is 0 Å². The lowest BCUT2D eigenvalue weighted by Gasteiger charge is -2.41. The van der Waals surface area contributed by atoms with Gasteiger partial charge in [-0.05, 0) is 52.5 Å². The van der Waals surface area contributed by atoms with E-state index in [1.165, 1.54) is 22.5 Å². The van der Waals surface area contributed by atoms with E-state index in [0.29, 0.717) is 30.7 Å². The summed E-state index contributed by atoms with van der Waals surface area (Å²) in [6, 6.07) is 5.33. The number of hydrogen-bond donors (Lipinski definition) is 0. The summed E-state index contributed by atoms with van der Waals surface area (Å²) in [4.78, 5) is 13.1. The molecular formula is C18H27N3O4S. The molecule has 2 saturated heterocycles. The first-order chi connectivity index (χ1) is 12.2. The van der Waals surface area contributed by atoms with E-state index in [2.05, 4.69) is 18.7 Å². The van der Waals surface area contributed by atoms with Crippen LogP contribution in [0.4, 0.5) is 5.69 Å². The average molecular weight is 381 g/mol. The van der Waals surface area contributed by atoms with Gasteiger partial charge in [-0.2, -0.15) is 4.31 Å². The van der Waals surface area contributed by atoms with Crippen molar-refractivity contribution < 1.29 is 13.3 Å². The lowest BCUT2D eigenvalue weighted by molar-refractivity contribution is -0.385. The molecule has 8 heteroatoms. The van der Waals surface area contributed by atoms with Crippen LogP contribution in [0.1, 0.15) is 45.1 Å². The SMILES string of the molecule is Cc1ccc(S(=O)(=O)N2CCCC(N3C(C)CCC3C)C2)cc1[N+](=O)[O-]. The van der Waals surface area contributed by atoms with Gasteiger partial charge in [0, 0.05) is 42.8 Å². The minimum atomic E-state index is -3.73. The lowest BCUT2D eigenvalue weighted by atomic mass is 10.0. The van der Waals surface area contributed by atoms with Crippen molar-refractivity contribution in [1.82, 2.24) is 9.21 Å². The molecule has 2 fully saturated rings. The van der Waals surface area contributed by atoms with E-state index < -0.39 is 14.9 Å². The van der Waals surface area contributed by atoms with Crippen LogP contribution in [0.3, 0.4) is 0 Å². The van der Waals surface area contributed by atoms with Crippen LogP contribution in [0.2, 0.25) is 0 Å². The van der Waals surface area contributed by atoms with Crippen molar-refractivity contribution in [2.24, 2.45) is 0 Å². The maximum atomic E-state index is 13.1. The fraction of sp³-hybridized carbons (Fsp3) is 0.667. The lowest BCUT2D eigenvalue weighted by Crippen LogP contribution is -2.52. The summed E-state index contributed by atoms with van der Waals surface area (Å²) in [5.74, 6) is 0. The maximum absolute atomic E-state index is 13.1. The van der Waals surface area contributed by atoms with Crippen LogP contribution in [0.15, 0.2) is 23.1 Å². The summed E-state index contributed by atoms with van der Waals surface area (Å²) in [5, 5.41) is 11.2. The van der Waals surface area contributed by atoms with Crippen LogP contribution in [0.25, 0.3) is 0 Å². The Bertz CT molecular complexity index is 786. The highest BCUT2D eigenvalue weighted by atomic mass is 32.2. The van der Waals surface area contributed by atoms with Crippen molar-refractivity contribution in [2.45, 2.75) is 69.5 Å². The highest BCUT2D eigenvalue weighted by Gasteiger charge is 2.38. The third kappa shape index (κ3) is 3.50. The molecule has 0 saturated carbocycles. The van der Waals surface area contributed by atoms with E-state index in [-0.39, 0.29) is 16.6 Å². The number of nitro benzene ring substituents is 1. The number of nitro groups is 1. The van der Waals surface area contributed by atoms with Crippen molar-refractivity contribution in [3.63, 3.8) is 0 Å². The molecule has 2 aliphatic rings. The van der Waals surface area contributed by atoms with E-state index in [1.807, 2.05) is 0 Å². The van der Waals surface area contributed by atoms with Crippen molar-refractivity contribution in [3.05, 3.63) is 33.9 Å². The number of likely N-dealkylation sites (tertiary alicyclic amines) is 1. The maximum Gasteiger partial charge on any atom is 0.273 e. The predicted octanol–water partition coefficient (Wildman–Crippen LogP) is 2.93. The van der Waals surface area contributed by atoms with Crippen molar-refractivity contribution in [1.29, 1.82) is 0 Å². The zero-order chi connectivity index (χ0) is 19.1. The molecule has 0 N–H and O–H groups in total. The normalized spacial score (nSPS) is 28.3. The standard InChI is InChI=1S/C18H27N3O4S/c1-13-6-9-17(11-18(13)21(22)23)26(24,25)19-10-4-5-16(12-19)20-14(2)7-8-15(20)3/h6,9,11,14-16H,4-5,7-8,10,12H2,1-3H3. The van der Waals surface area contributed by atoms with Crippen molar-refractivity contribution in [2.75, 3.05) is 13.1 Å². The quantitative estimate of drug-likeness (QED) is 0.591. The van der Waals surface area contributed by atoms with E-state index in [1.54, 1.807) is 6.92 Å². The second-order valence-corrected chi connectivity index (χ2v) is 9.53. The summed E-state index contributed by atoms with van der Waals surface area (Å²) in [7, 11) is -3.73. The van der Waals surface area contributed by atoms with E-state index in [0.717, 1.165) is 25.7 Å². The molecule has 0 bridgehead atoms. The number of hydrogen-bond acceptors (Lipinski definition) is 5. The highest BCUT2D eigenvalue weighted by molar-refractivity contribution is 7.89. The smallest absolute Gasteiger partial charge is 0.273 e. The van der Waals surface area contributed by atoms with Crippen LogP contribution in [0.5, 0.6) is 0 Å². The zero-order valence-electron chi connectivity index (χ0n) is 15.6. The molecule has 0 amide bonds. The molecule has 2 aliphatic heterocycles. The molecule has 0 radical (unpaired) electrons. The molecule has 0 aromatic heterocycles. The molecule has 26 heavy (non-hydrogen) atoms. The van der Waals surface area contributed by atoms with Gasteiger partial charge in [-0.3, -0.25) is 15.0 Å². The fourth-order valence-corrected chi connectivity index (χ4v) is 5.95. The van der Waals surface area contributed by atoms with Gasteiger partial charge in [0.25, 0.3) is 5.69 Å². The monoisotopic (exact) mass is 381 g/mol. The average Bonchev–Trinajstić information content (AvgIpc) is 2.93. The molecule has 3 rings (SSSR count). The van der Waals surface area contributed by atoms with Gasteiger partial charge in [-0.15, -0.1) is 0 Å². The number of piperidine rings is 1. The van der Waals surface area contributed by atoms with Crippen LogP contribution in [0, 0.1) is 17.0 Å². The zero-order valence-corrected chi connectivity index (χ0v) is 16.4. The third-order valence-electron chi connectivity index (χ3n) is 5.82. The third-order valence-corrected chi connectivity index (χ3v) is 7.68. The Morgan fingerprint density at radius 1 is 1.15 bits per heavy atom. The Hall–Kier alpha value is -1.51. The summed E-state index contributed by atoms with van der Waals surface area (Å²) >= 11 is 0. The van der Waals surface area contributed by atoms with Crippen molar-refractivity contribution >= 4 is 15.7 Å². The minimum absolute atomic E-state index is 0.0120. The first-order valence-electron chi connectivity index (χ1n) is 9.24. The fourth-order valence-electron chi connectivity index (χ4n) is 4.41. The minimum Gasteiger partial charge on any atom is -0.294 e. The largest absolute Gasteiger partial charge is 0.294 e. The number of aryl methyl sites for hydroxylation is 1. The van der Waals surface area contributed by atoms with Crippen LogP contribution < -0.4 is 0 Å². The molecule has 1 aromatic rings. The van der Waals surface area contributed by atoms with Gasteiger partial charge in [-0.1, -0.05) is 6.07 Å². The van der Waals surface area contributed by atoms with Gasteiger partial charge in [0.1, 0.15) is 0 Å². The van der Waals surface area contributed by atoms with Gasteiger partial charge >= 0.3 is 0 Å². The Morgan fingerprint density at radius 2 is 1.81 bits per heavy atom. The summed E-state index contributed by atoms with van der Waals surface area (Å²) < 4.78 is 27.7. The molecule has 3 atom stereocenters. The molecule has 0 spiro atoms. The Morgan fingerprint density at radius 3 is 2.42 bits per heavy atom. The van der Waals surface area contributed by atoms with Gasteiger partial charge < -0.3 is 0 Å². The number of nitrogens with zero attached hydrogens (tertiary/aromatic N) is 3. The van der Waals surface area contributed by atoms with Gasteiger partial charge in [0.05, 0.1) is 9.82 Å². The molecule has 144 valence electrons. The van der Waals surface area contributed by atoms with E-state index in [9.17, 15) is 18.5 Å². The predicted molar refractivity (Wildman–Crippen MR) is 99.6 cm³/mol. The number of benzene rings is 1. The first-order valence-corrected chi connectivity index (χ1v) is 10.7. The molecule has 2 heterocycles. The topological polar surface area (TPSA) is 83.8 Å². The van der Waals surface area contributed by atoms with Crippen molar-refractivity contribution in [3.8, 4) is 0 Å². The van der Waals surface area contributed by atoms with Crippen LogP contribution >= 0.6 is 0 Å². The Balaban J connectivity index is 1.85. The Kier molecular flexibility index (Phi) is 5.37. The van der Waals surface area contributed by atoms with Crippen LogP contribution in [-0.4, -0.2) is 53.8 Å². The molecule has 1 aromatic carbocycles.